The first-order chi connectivity index (χ1) is 13.5. The number of non-ortho nitro benzene ring substituents is 1. The Labute approximate surface area is 166 Å². The van der Waals surface area contributed by atoms with Crippen LogP contribution in [0.25, 0.3) is 6.08 Å². The van der Waals surface area contributed by atoms with Crippen molar-refractivity contribution < 1.29 is 19.2 Å². The molecule has 0 bridgehead atoms. The van der Waals surface area contributed by atoms with Gasteiger partial charge in [-0.05, 0) is 48.0 Å². The van der Waals surface area contributed by atoms with Gasteiger partial charge in [-0.3, -0.25) is 24.6 Å². The smallest absolute Gasteiger partial charge is 0.293 e. The summed E-state index contributed by atoms with van der Waals surface area (Å²) in [6.07, 6.45) is 2.37. The molecule has 8 heteroatoms. The largest absolute Gasteiger partial charge is 0.488 e. The summed E-state index contributed by atoms with van der Waals surface area (Å²) >= 11 is 0.923. The van der Waals surface area contributed by atoms with E-state index in [0.29, 0.717) is 29.2 Å². The molecule has 0 spiro atoms. The van der Waals surface area contributed by atoms with Gasteiger partial charge < -0.3 is 4.74 Å². The zero-order valence-electron chi connectivity index (χ0n) is 15.2. The lowest BCUT2D eigenvalue weighted by atomic mass is 10.1. The molecule has 1 saturated heterocycles. The maximum absolute atomic E-state index is 12.4. The number of para-hydroxylation sites is 1. The minimum atomic E-state index is -0.453. The van der Waals surface area contributed by atoms with Gasteiger partial charge in [0.15, 0.2) is 0 Å². The summed E-state index contributed by atoms with van der Waals surface area (Å²) in [7, 11) is 0. The lowest BCUT2D eigenvalue weighted by Crippen LogP contribution is -2.28. The van der Waals surface area contributed by atoms with E-state index in [1.165, 1.54) is 17.0 Å². The second kappa shape index (κ2) is 8.71. The third-order valence-electron chi connectivity index (χ3n) is 4.07. The third kappa shape index (κ3) is 4.40. The number of rotatable bonds is 7. The molecule has 1 aliphatic rings. The van der Waals surface area contributed by atoms with Gasteiger partial charge in [-0.25, -0.2) is 0 Å². The number of hydrogen-bond donors (Lipinski definition) is 0. The SMILES string of the molecule is CCCN1C(=O)S/C(=C/c2ccccc2OCc2ccc([N+](=O)[O-])cc2)C1=O. The molecule has 0 radical (unpaired) electrons. The predicted octanol–water partition coefficient (Wildman–Crippen LogP) is 4.62. The fourth-order valence-corrected chi connectivity index (χ4v) is 3.52. The van der Waals surface area contributed by atoms with Gasteiger partial charge in [0.25, 0.3) is 16.8 Å². The van der Waals surface area contributed by atoms with Gasteiger partial charge in [-0.2, -0.15) is 0 Å². The van der Waals surface area contributed by atoms with Crippen molar-refractivity contribution in [2.75, 3.05) is 6.54 Å². The van der Waals surface area contributed by atoms with Crippen LogP contribution >= 0.6 is 11.8 Å². The van der Waals surface area contributed by atoms with Crippen molar-refractivity contribution in [3.8, 4) is 5.75 Å². The van der Waals surface area contributed by atoms with Crippen molar-refractivity contribution in [3.63, 3.8) is 0 Å². The quantitative estimate of drug-likeness (QED) is 0.384. The molecule has 3 rings (SSSR count). The van der Waals surface area contributed by atoms with Gasteiger partial charge in [-0.15, -0.1) is 0 Å². The van der Waals surface area contributed by atoms with Crippen molar-refractivity contribution in [3.05, 3.63) is 74.7 Å². The second-order valence-corrected chi connectivity index (χ2v) is 7.08. The fraction of sp³-hybridized carbons (Fsp3) is 0.200. The number of imide groups is 1. The van der Waals surface area contributed by atoms with Gasteiger partial charge in [0, 0.05) is 24.2 Å². The van der Waals surface area contributed by atoms with E-state index in [1.807, 2.05) is 19.1 Å². The molecular formula is C20H18N2O5S. The Morgan fingerprint density at radius 1 is 1.14 bits per heavy atom. The predicted molar refractivity (Wildman–Crippen MR) is 107 cm³/mol. The van der Waals surface area contributed by atoms with E-state index < -0.39 is 4.92 Å². The average Bonchev–Trinajstić information content (AvgIpc) is 2.95. The third-order valence-corrected chi connectivity index (χ3v) is 4.98. The Morgan fingerprint density at radius 3 is 2.54 bits per heavy atom. The summed E-state index contributed by atoms with van der Waals surface area (Å²) < 4.78 is 5.84. The minimum absolute atomic E-state index is 0.0203. The number of hydrogen-bond acceptors (Lipinski definition) is 6. The Bertz CT molecular complexity index is 940. The summed E-state index contributed by atoms with van der Waals surface area (Å²) in [5.74, 6) is 0.269. The number of amides is 2. The zero-order valence-corrected chi connectivity index (χ0v) is 16.0. The average molecular weight is 398 g/mol. The van der Waals surface area contributed by atoms with E-state index >= 15 is 0 Å². The van der Waals surface area contributed by atoms with Crippen LogP contribution in [0.5, 0.6) is 5.75 Å². The van der Waals surface area contributed by atoms with Gasteiger partial charge in [0.2, 0.25) is 0 Å². The zero-order chi connectivity index (χ0) is 20.1. The van der Waals surface area contributed by atoms with E-state index in [0.717, 1.165) is 17.3 Å². The summed E-state index contributed by atoms with van der Waals surface area (Å²) in [6, 6.07) is 13.3. The van der Waals surface area contributed by atoms with Crippen LogP contribution in [0, 0.1) is 10.1 Å². The summed E-state index contributed by atoms with van der Waals surface area (Å²) in [5, 5.41) is 10.5. The van der Waals surface area contributed by atoms with Crippen LogP contribution in [0.2, 0.25) is 0 Å². The highest BCUT2D eigenvalue weighted by molar-refractivity contribution is 8.18. The lowest BCUT2D eigenvalue weighted by Gasteiger charge is -2.10. The summed E-state index contributed by atoms with van der Waals surface area (Å²) in [5.41, 5.74) is 1.49. The standard InChI is InChI=1S/C20H18N2O5S/c1-2-11-21-19(23)18(28-20(21)24)12-15-5-3-4-6-17(15)27-13-14-7-9-16(10-8-14)22(25)26/h3-10,12H,2,11,13H2,1H3/b18-12+. The van der Waals surface area contributed by atoms with Crippen LogP contribution in [-0.4, -0.2) is 27.5 Å². The van der Waals surface area contributed by atoms with E-state index in [2.05, 4.69) is 0 Å². The Balaban J connectivity index is 1.75. The molecule has 0 aromatic heterocycles. The first-order valence-corrected chi connectivity index (χ1v) is 9.51. The van der Waals surface area contributed by atoms with Gasteiger partial charge in [0.05, 0.1) is 9.83 Å². The van der Waals surface area contributed by atoms with Crippen LogP contribution in [0.15, 0.2) is 53.4 Å². The molecule has 28 heavy (non-hydrogen) atoms. The van der Waals surface area contributed by atoms with Crippen LogP contribution in [0.3, 0.4) is 0 Å². The first-order valence-electron chi connectivity index (χ1n) is 8.70. The molecule has 1 fully saturated rings. The molecule has 0 unspecified atom stereocenters. The molecule has 2 aromatic rings. The molecule has 1 aliphatic heterocycles. The van der Waals surface area contributed by atoms with Crippen LogP contribution in [0.1, 0.15) is 24.5 Å². The maximum Gasteiger partial charge on any atom is 0.293 e. The van der Waals surface area contributed by atoms with Crippen molar-refractivity contribution >= 4 is 34.7 Å². The molecule has 0 atom stereocenters. The molecule has 7 nitrogen and oxygen atoms in total. The monoisotopic (exact) mass is 398 g/mol. The topological polar surface area (TPSA) is 89.8 Å². The van der Waals surface area contributed by atoms with E-state index in [9.17, 15) is 19.7 Å². The highest BCUT2D eigenvalue weighted by Gasteiger charge is 2.34. The molecular weight excluding hydrogens is 380 g/mol. The number of ether oxygens (including phenoxy) is 1. The van der Waals surface area contributed by atoms with Crippen molar-refractivity contribution in [2.45, 2.75) is 20.0 Å². The first kappa shape index (κ1) is 19.6. The maximum atomic E-state index is 12.4. The molecule has 144 valence electrons. The second-order valence-electron chi connectivity index (χ2n) is 6.08. The number of carbonyl (C=O) groups is 2. The summed E-state index contributed by atoms with van der Waals surface area (Å²) in [6.45, 7) is 2.54. The Kier molecular flexibility index (Phi) is 6.10. The molecule has 0 aliphatic carbocycles. The number of thioether (sulfide) groups is 1. The van der Waals surface area contributed by atoms with Gasteiger partial charge in [-0.1, -0.05) is 25.1 Å². The number of nitro benzene ring substituents is 1. The number of nitro groups is 1. The highest BCUT2D eigenvalue weighted by atomic mass is 32.2. The van der Waals surface area contributed by atoms with E-state index in [-0.39, 0.29) is 23.4 Å². The van der Waals surface area contributed by atoms with Crippen LogP contribution in [0.4, 0.5) is 10.5 Å². The highest BCUT2D eigenvalue weighted by Crippen LogP contribution is 2.34. The minimum Gasteiger partial charge on any atom is -0.488 e. The van der Waals surface area contributed by atoms with Crippen LogP contribution in [-0.2, 0) is 11.4 Å². The van der Waals surface area contributed by atoms with Gasteiger partial charge in [0.1, 0.15) is 12.4 Å². The number of carbonyl (C=O) groups excluding carboxylic acids is 2. The van der Waals surface area contributed by atoms with E-state index in [4.69, 9.17) is 4.74 Å². The van der Waals surface area contributed by atoms with Crippen LogP contribution < -0.4 is 4.74 Å². The Morgan fingerprint density at radius 2 is 1.86 bits per heavy atom. The summed E-state index contributed by atoms with van der Waals surface area (Å²) in [4.78, 5) is 36.3. The molecule has 0 N–H and O–H groups in total. The number of benzene rings is 2. The number of nitrogens with zero attached hydrogens (tertiary/aromatic N) is 2. The molecule has 1 heterocycles. The van der Waals surface area contributed by atoms with Crippen molar-refractivity contribution in [1.82, 2.24) is 4.90 Å². The van der Waals surface area contributed by atoms with E-state index in [1.54, 1.807) is 30.3 Å². The molecule has 2 amide bonds. The normalized spacial score (nSPS) is 15.3. The molecule has 0 saturated carbocycles. The molecule has 2 aromatic carbocycles. The lowest BCUT2D eigenvalue weighted by molar-refractivity contribution is -0.384. The van der Waals surface area contributed by atoms with Crippen molar-refractivity contribution in [1.29, 1.82) is 0 Å². The van der Waals surface area contributed by atoms with Gasteiger partial charge >= 0.3 is 0 Å². The fourth-order valence-electron chi connectivity index (χ4n) is 2.66. The van der Waals surface area contributed by atoms with Crippen molar-refractivity contribution in [2.24, 2.45) is 0 Å². The Hall–Kier alpha value is -3.13.